The molecule has 1 aromatic heterocycles. The van der Waals surface area contributed by atoms with Gasteiger partial charge in [-0.25, -0.2) is 0 Å². The highest BCUT2D eigenvalue weighted by Crippen LogP contribution is 2.52. The molecular weight excluding hydrogens is 390 g/mol. The van der Waals surface area contributed by atoms with E-state index in [9.17, 15) is 4.79 Å². The molecule has 4 nitrogen and oxygen atoms in total. The molecule has 2 aromatic rings. The predicted octanol–water partition coefficient (Wildman–Crippen LogP) is 3.93. The van der Waals surface area contributed by atoms with Gasteiger partial charge in [-0.3, -0.25) is 9.69 Å². The zero-order valence-corrected chi connectivity index (χ0v) is 18.9. The molecule has 0 saturated carbocycles. The third kappa shape index (κ3) is 3.95. The monoisotopic (exact) mass is 423 g/mol. The lowest BCUT2D eigenvalue weighted by Gasteiger charge is -2.40. The summed E-state index contributed by atoms with van der Waals surface area (Å²) in [5, 5.41) is 2.18. The van der Waals surface area contributed by atoms with Crippen LogP contribution in [0.1, 0.15) is 47.6 Å². The average Bonchev–Trinajstić information content (AvgIpc) is 3.38. The van der Waals surface area contributed by atoms with Gasteiger partial charge in [0, 0.05) is 44.0 Å². The zero-order chi connectivity index (χ0) is 20.6. The number of rotatable bonds is 4. The standard InChI is InChI=1S/C25H33N3OS/c1-26-12-14-28(15-13-26)24(29)17-20-18-25(23-7-3-2-6-22(20)23)8-10-27(11-9-25)19-21-5-4-16-30-21/h2-7,16,20H,8-15,17-19H2,1H3. The van der Waals surface area contributed by atoms with Crippen LogP contribution in [0.3, 0.4) is 0 Å². The first kappa shape index (κ1) is 20.2. The fourth-order valence-electron chi connectivity index (χ4n) is 5.84. The Balaban J connectivity index is 1.27. The first-order valence-electron chi connectivity index (χ1n) is 11.4. The van der Waals surface area contributed by atoms with Gasteiger partial charge in [0.05, 0.1) is 0 Å². The molecule has 1 aliphatic carbocycles. The summed E-state index contributed by atoms with van der Waals surface area (Å²) in [4.78, 5) is 21.6. The molecule has 2 fully saturated rings. The molecule has 1 aromatic carbocycles. The highest BCUT2D eigenvalue weighted by molar-refractivity contribution is 7.09. The van der Waals surface area contributed by atoms with Crippen LogP contribution >= 0.6 is 11.3 Å². The van der Waals surface area contributed by atoms with Gasteiger partial charge in [-0.1, -0.05) is 30.3 Å². The summed E-state index contributed by atoms with van der Waals surface area (Å²) in [5.41, 5.74) is 3.26. The number of hydrogen-bond donors (Lipinski definition) is 0. The van der Waals surface area contributed by atoms with Crippen LogP contribution in [0, 0.1) is 0 Å². The van der Waals surface area contributed by atoms with Crippen molar-refractivity contribution in [3.8, 4) is 0 Å². The molecule has 1 amide bonds. The fraction of sp³-hybridized carbons (Fsp3) is 0.560. The smallest absolute Gasteiger partial charge is 0.223 e. The largest absolute Gasteiger partial charge is 0.340 e. The minimum atomic E-state index is 0.273. The molecule has 5 rings (SSSR count). The number of nitrogens with zero attached hydrogens (tertiary/aromatic N) is 3. The van der Waals surface area contributed by atoms with E-state index in [4.69, 9.17) is 0 Å². The summed E-state index contributed by atoms with van der Waals surface area (Å²) in [5.74, 6) is 0.743. The molecule has 0 radical (unpaired) electrons. The number of benzene rings is 1. The van der Waals surface area contributed by atoms with Crippen molar-refractivity contribution < 1.29 is 4.79 Å². The lowest BCUT2D eigenvalue weighted by Crippen LogP contribution is -2.47. The van der Waals surface area contributed by atoms with Gasteiger partial charge >= 0.3 is 0 Å². The second-order valence-electron chi connectivity index (χ2n) is 9.51. The van der Waals surface area contributed by atoms with E-state index in [0.717, 1.165) is 52.2 Å². The number of fused-ring (bicyclic) bond motifs is 2. The molecule has 5 heteroatoms. The van der Waals surface area contributed by atoms with Crippen LogP contribution in [-0.2, 0) is 16.8 Å². The SMILES string of the molecule is CN1CCN(C(=O)CC2CC3(CCN(Cc4cccs4)CC3)c3ccccc32)CC1. The Hall–Kier alpha value is -1.69. The summed E-state index contributed by atoms with van der Waals surface area (Å²) < 4.78 is 0. The van der Waals surface area contributed by atoms with Crippen molar-refractivity contribution in [2.45, 2.75) is 43.6 Å². The Kier molecular flexibility index (Phi) is 5.69. The molecule has 1 atom stereocenters. The third-order valence-electron chi connectivity index (χ3n) is 7.66. The predicted molar refractivity (Wildman–Crippen MR) is 123 cm³/mol. The van der Waals surface area contributed by atoms with Gasteiger partial charge in [0.15, 0.2) is 0 Å². The number of piperidine rings is 1. The minimum Gasteiger partial charge on any atom is -0.340 e. The summed E-state index contributed by atoms with van der Waals surface area (Å²) in [6.07, 6.45) is 4.27. The number of piperazine rings is 1. The Morgan fingerprint density at radius 1 is 1.03 bits per heavy atom. The number of amides is 1. The van der Waals surface area contributed by atoms with Crippen molar-refractivity contribution in [1.82, 2.24) is 14.7 Å². The molecule has 0 bridgehead atoms. The number of likely N-dealkylation sites (N-methyl/N-ethyl adjacent to an activating group) is 1. The zero-order valence-electron chi connectivity index (χ0n) is 18.1. The van der Waals surface area contributed by atoms with Crippen LogP contribution in [0.2, 0.25) is 0 Å². The van der Waals surface area contributed by atoms with E-state index in [0.29, 0.717) is 18.2 Å². The Labute approximate surface area is 184 Å². The van der Waals surface area contributed by atoms with Crippen molar-refractivity contribution in [2.75, 3.05) is 46.3 Å². The summed E-state index contributed by atoms with van der Waals surface area (Å²) in [6, 6.07) is 13.4. The lowest BCUT2D eigenvalue weighted by atomic mass is 9.73. The van der Waals surface area contributed by atoms with Crippen LogP contribution in [0.5, 0.6) is 0 Å². The van der Waals surface area contributed by atoms with E-state index in [-0.39, 0.29) is 5.41 Å². The van der Waals surface area contributed by atoms with Crippen LogP contribution in [0.4, 0.5) is 0 Å². The maximum atomic E-state index is 13.1. The van der Waals surface area contributed by atoms with Crippen LogP contribution in [-0.4, -0.2) is 66.9 Å². The van der Waals surface area contributed by atoms with Crippen molar-refractivity contribution in [3.05, 3.63) is 57.8 Å². The van der Waals surface area contributed by atoms with E-state index in [2.05, 4.69) is 63.5 Å². The number of carbonyl (C=O) groups is 1. The van der Waals surface area contributed by atoms with Gasteiger partial charge in [0.25, 0.3) is 0 Å². The maximum absolute atomic E-state index is 13.1. The molecule has 3 aliphatic rings. The maximum Gasteiger partial charge on any atom is 0.223 e. The van der Waals surface area contributed by atoms with E-state index >= 15 is 0 Å². The van der Waals surface area contributed by atoms with Crippen molar-refractivity contribution in [2.24, 2.45) is 0 Å². The number of carbonyl (C=O) groups excluding carboxylic acids is 1. The summed E-state index contributed by atoms with van der Waals surface area (Å²) in [6.45, 7) is 7.16. The number of thiophene rings is 1. The van der Waals surface area contributed by atoms with Gasteiger partial charge < -0.3 is 9.80 Å². The van der Waals surface area contributed by atoms with Gasteiger partial charge in [-0.15, -0.1) is 11.3 Å². The average molecular weight is 424 g/mol. The highest BCUT2D eigenvalue weighted by Gasteiger charge is 2.45. The molecule has 3 heterocycles. The molecule has 160 valence electrons. The second kappa shape index (κ2) is 8.45. The first-order chi connectivity index (χ1) is 14.6. The van der Waals surface area contributed by atoms with E-state index in [1.165, 1.54) is 28.8 Å². The first-order valence-corrected chi connectivity index (χ1v) is 12.3. The molecule has 30 heavy (non-hydrogen) atoms. The number of likely N-dealkylation sites (tertiary alicyclic amines) is 1. The molecule has 2 saturated heterocycles. The van der Waals surface area contributed by atoms with Crippen molar-refractivity contribution >= 4 is 17.2 Å². The molecule has 1 spiro atoms. The van der Waals surface area contributed by atoms with Crippen LogP contribution in [0.25, 0.3) is 0 Å². The molecule has 0 N–H and O–H groups in total. The van der Waals surface area contributed by atoms with Gasteiger partial charge in [0.2, 0.25) is 5.91 Å². The normalized spacial score (nSPS) is 24.3. The quantitative estimate of drug-likeness (QED) is 0.745. The van der Waals surface area contributed by atoms with Gasteiger partial charge in [0.1, 0.15) is 0 Å². The fourth-order valence-corrected chi connectivity index (χ4v) is 6.59. The van der Waals surface area contributed by atoms with Crippen molar-refractivity contribution in [3.63, 3.8) is 0 Å². The third-order valence-corrected chi connectivity index (χ3v) is 8.52. The van der Waals surface area contributed by atoms with E-state index in [1.807, 2.05) is 11.3 Å². The van der Waals surface area contributed by atoms with Crippen LogP contribution < -0.4 is 0 Å². The van der Waals surface area contributed by atoms with E-state index in [1.54, 1.807) is 0 Å². The lowest BCUT2D eigenvalue weighted by molar-refractivity contribution is -0.133. The van der Waals surface area contributed by atoms with Gasteiger partial charge in [-0.2, -0.15) is 0 Å². The van der Waals surface area contributed by atoms with Crippen molar-refractivity contribution in [1.29, 1.82) is 0 Å². The summed E-state index contributed by atoms with van der Waals surface area (Å²) in [7, 11) is 2.14. The number of hydrogen-bond acceptors (Lipinski definition) is 4. The highest BCUT2D eigenvalue weighted by atomic mass is 32.1. The molecule has 1 unspecified atom stereocenters. The van der Waals surface area contributed by atoms with E-state index < -0.39 is 0 Å². The summed E-state index contributed by atoms with van der Waals surface area (Å²) >= 11 is 1.86. The molecule has 2 aliphatic heterocycles. The topological polar surface area (TPSA) is 26.8 Å². The minimum absolute atomic E-state index is 0.273. The Morgan fingerprint density at radius 3 is 2.53 bits per heavy atom. The Morgan fingerprint density at radius 2 is 1.80 bits per heavy atom. The second-order valence-corrected chi connectivity index (χ2v) is 10.5. The van der Waals surface area contributed by atoms with Gasteiger partial charge in [-0.05, 0) is 73.3 Å². The molecular formula is C25H33N3OS. The van der Waals surface area contributed by atoms with Crippen LogP contribution in [0.15, 0.2) is 41.8 Å². The Bertz CT molecular complexity index is 864.